The highest BCUT2D eigenvalue weighted by Crippen LogP contribution is 2.28. The molecule has 0 spiro atoms. The number of anilines is 2. The molecule has 0 atom stereocenters. The summed E-state index contributed by atoms with van der Waals surface area (Å²) in [7, 11) is 2.98. The van der Waals surface area contributed by atoms with Crippen LogP contribution in [0, 0.1) is 0 Å². The molecule has 0 radical (unpaired) electrons. The van der Waals surface area contributed by atoms with E-state index in [2.05, 4.69) is 20.3 Å². The van der Waals surface area contributed by atoms with Gasteiger partial charge >= 0.3 is 5.97 Å². The average Bonchev–Trinajstić information content (AvgIpc) is 2.92. The SMILES string of the molecule is COC(=O)CSc1nnc(Nc2cccc(OC)c2)s1. The number of rotatable bonds is 6. The van der Waals surface area contributed by atoms with Crippen LogP contribution in [0.1, 0.15) is 0 Å². The molecule has 2 rings (SSSR count). The Hall–Kier alpha value is -1.80. The monoisotopic (exact) mass is 311 g/mol. The van der Waals surface area contributed by atoms with Crippen LogP contribution in [-0.4, -0.2) is 36.1 Å². The van der Waals surface area contributed by atoms with Crippen LogP contribution in [0.5, 0.6) is 5.75 Å². The molecule has 0 saturated carbocycles. The molecule has 20 heavy (non-hydrogen) atoms. The minimum Gasteiger partial charge on any atom is -0.497 e. The highest BCUT2D eigenvalue weighted by atomic mass is 32.2. The molecule has 1 N–H and O–H groups in total. The van der Waals surface area contributed by atoms with Crippen LogP contribution >= 0.6 is 23.1 Å². The van der Waals surface area contributed by atoms with E-state index < -0.39 is 0 Å². The van der Waals surface area contributed by atoms with E-state index in [9.17, 15) is 4.79 Å². The molecule has 0 aliphatic rings. The molecule has 1 aromatic carbocycles. The topological polar surface area (TPSA) is 73.3 Å². The quantitative estimate of drug-likeness (QED) is 0.649. The number of esters is 1. The Kier molecular flexibility index (Phi) is 5.19. The van der Waals surface area contributed by atoms with Gasteiger partial charge in [-0.15, -0.1) is 10.2 Å². The minimum atomic E-state index is -0.285. The normalized spacial score (nSPS) is 10.1. The molecule has 0 bridgehead atoms. The van der Waals surface area contributed by atoms with Crippen LogP contribution in [0.25, 0.3) is 0 Å². The van der Waals surface area contributed by atoms with E-state index >= 15 is 0 Å². The number of methoxy groups -OCH3 is 2. The summed E-state index contributed by atoms with van der Waals surface area (Å²) < 4.78 is 10.4. The number of carbonyl (C=O) groups excluding carboxylic acids is 1. The molecule has 106 valence electrons. The minimum absolute atomic E-state index is 0.226. The molecule has 8 heteroatoms. The van der Waals surface area contributed by atoms with Crippen molar-refractivity contribution in [1.29, 1.82) is 0 Å². The summed E-state index contributed by atoms with van der Waals surface area (Å²) in [5.74, 6) is 0.705. The van der Waals surface area contributed by atoms with Gasteiger partial charge in [-0.05, 0) is 12.1 Å². The van der Waals surface area contributed by atoms with Crippen molar-refractivity contribution in [3.63, 3.8) is 0 Å². The number of hydrogen-bond acceptors (Lipinski definition) is 8. The molecule has 6 nitrogen and oxygen atoms in total. The first kappa shape index (κ1) is 14.6. The molecule has 0 fully saturated rings. The number of thioether (sulfide) groups is 1. The van der Waals surface area contributed by atoms with Crippen molar-refractivity contribution < 1.29 is 14.3 Å². The molecule has 0 amide bonds. The van der Waals surface area contributed by atoms with E-state index in [1.165, 1.54) is 30.2 Å². The molecule has 1 heterocycles. The zero-order chi connectivity index (χ0) is 14.4. The number of carbonyl (C=O) groups is 1. The van der Waals surface area contributed by atoms with Gasteiger partial charge in [0.1, 0.15) is 5.75 Å². The van der Waals surface area contributed by atoms with Crippen LogP contribution in [0.3, 0.4) is 0 Å². The van der Waals surface area contributed by atoms with E-state index in [-0.39, 0.29) is 11.7 Å². The van der Waals surface area contributed by atoms with Crippen molar-refractivity contribution in [2.24, 2.45) is 0 Å². The predicted molar refractivity (Wildman–Crippen MR) is 78.9 cm³/mol. The van der Waals surface area contributed by atoms with Gasteiger partial charge in [0, 0.05) is 11.8 Å². The second kappa shape index (κ2) is 7.11. The fourth-order valence-electron chi connectivity index (χ4n) is 1.32. The van der Waals surface area contributed by atoms with Gasteiger partial charge in [-0.25, -0.2) is 0 Å². The lowest BCUT2D eigenvalue weighted by atomic mass is 10.3. The third-order valence-corrected chi connectivity index (χ3v) is 4.21. The molecule has 0 aliphatic carbocycles. The Balaban J connectivity index is 1.96. The van der Waals surface area contributed by atoms with E-state index in [4.69, 9.17) is 4.74 Å². The van der Waals surface area contributed by atoms with Gasteiger partial charge in [0.15, 0.2) is 4.34 Å². The number of nitrogens with zero attached hydrogens (tertiary/aromatic N) is 2. The summed E-state index contributed by atoms with van der Waals surface area (Å²) in [5, 5.41) is 11.8. The summed E-state index contributed by atoms with van der Waals surface area (Å²) >= 11 is 2.67. The first-order chi connectivity index (χ1) is 9.71. The first-order valence-corrected chi connectivity index (χ1v) is 7.45. The average molecular weight is 311 g/mol. The third-order valence-electron chi connectivity index (χ3n) is 2.27. The molecular weight excluding hydrogens is 298 g/mol. The van der Waals surface area contributed by atoms with E-state index in [1.807, 2.05) is 24.3 Å². The number of ether oxygens (including phenoxy) is 2. The maximum Gasteiger partial charge on any atom is 0.316 e. The van der Waals surface area contributed by atoms with Crippen molar-refractivity contribution in [2.45, 2.75) is 4.34 Å². The highest BCUT2D eigenvalue weighted by Gasteiger charge is 2.08. The fourth-order valence-corrected chi connectivity index (χ4v) is 2.93. The molecule has 0 aliphatic heterocycles. The second-order valence-electron chi connectivity index (χ2n) is 3.59. The Morgan fingerprint density at radius 1 is 1.40 bits per heavy atom. The lowest BCUT2D eigenvalue weighted by Crippen LogP contribution is -2.02. The van der Waals surface area contributed by atoms with Gasteiger partial charge in [0.05, 0.1) is 20.0 Å². The number of hydrogen-bond donors (Lipinski definition) is 1. The van der Waals surface area contributed by atoms with Crippen LogP contribution in [0.2, 0.25) is 0 Å². The van der Waals surface area contributed by atoms with Crippen molar-refractivity contribution in [1.82, 2.24) is 10.2 Å². The Bertz CT molecular complexity index is 589. The summed E-state index contributed by atoms with van der Waals surface area (Å²) in [6, 6.07) is 7.52. The summed E-state index contributed by atoms with van der Waals surface area (Å²) in [6.07, 6.45) is 0. The standard InChI is InChI=1S/C12H13N3O3S2/c1-17-9-5-3-4-8(6-9)13-11-14-15-12(20-11)19-7-10(16)18-2/h3-6H,7H2,1-2H3,(H,13,14). The van der Waals surface area contributed by atoms with E-state index in [0.29, 0.717) is 9.47 Å². The maximum atomic E-state index is 11.0. The van der Waals surface area contributed by atoms with Crippen molar-refractivity contribution in [3.8, 4) is 5.75 Å². The molecular formula is C12H13N3O3S2. The number of nitrogens with one attached hydrogen (secondary N) is 1. The van der Waals surface area contributed by atoms with Gasteiger partial charge in [0.25, 0.3) is 0 Å². The van der Waals surface area contributed by atoms with E-state index in [0.717, 1.165) is 11.4 Å². The van der Waals surface area contributed by atoms with Gasteiger partial charge in [-0.1, -0.05) is 29.2 Å². The van der Waals surface area contributed by atoms with Crippen LogP contribution < -0.4 is 10.1 Å². The van der Waals surface area contributed by atoms with Gasteiger partial charge < -0.3 is 14.8 Å². The number of benzene rings is 1. The Labute approximate surface area is 124 Å². The van der Waals surface area contributed by atoms with Gasteiger partial charge in [-0.3, -0.25) is 4.79 Å². The first-order valence-electron chi connectivity index (χ1n) is 5.65. The fraction of sp³-hybridized carbons (Fsp3) is 0.250. The molecule has 2 aromatic rings. The lowest BCUT2D eigenvalue weighted by Gasteiger charge is -2.04. The highest BCUT2D eigenvalue weighted by molar-refractivity contribution is 8.01. The van der Waals surface area contributed by atoms with Crippen LogP contribution in [0.15, 0.2) is 28.6 Å². The maximum absolute atomic E-state index is 11.0. The predicted octanol–water partition coefficient (Wildman–Crippen LogP) is 2.56. The van der Waals surface area contributed by atoms with Gasteiger partial charge in [-0.2, -0.15) is 0 Å². The lowest BCUT2D eigenvalue weighted by molar-refractivity contribution is -0.137. The Morgan fingerprint density at radius 2 is 2.25 bits per heavy atom. The zero-order valence-corrected chi connectivity index (χ0v) is 12.6. The second-order valence-corrected chi connectivity index (χ2v) is 5.79. The summed E-state index contributed by atoms with van der Waals surface area (Å²) in [5.41, 5.74) is 0.866. The largest absolute Gasteiger partial charge is 0.497 e. The summed E-state index contributed by atoms with van der Waals surface area (Å²) in [6.45, 7) is 0. The van der Waals surface area contributed by atoms with Crippen molar-refractivity contribution in [3.05, 3.63) is 24.3 Å². The van der Waals surface area contributed by atoms with Crippen LogP contribution in [0.4, 0.5) is 10.8 Å². The Morgan fingerprint density at radius 3 is 3.00 bits per heavy atom. The molecule has 1 aromatic heterocycles. The van der Waals surface area contributed by atoms with E-state index in [1.54, 1.807) is 7.11 Å². The van der Waals surface area contributed by atoms with Crippen molar-refractivity contribution >= 4 is 39.9 Å². The molecule has 0 saturated heterocycles. The smallest absolute Gasteiger partial charge is 0.316 e. The summed E-state index contributed by atoms with van der Waals surface area (Å²) in [4.78, 5) is 11.0. The number of aromatic nitrogens is 2. The molecule has 0 unspecified atom stereocenters. The van der Waals surface area contributed by atoms with Crippen molar-refractivity contribution in [2.75, 3.05) is 25.3 Å². The van der Waals surface area contributed by atoms with Crippen LogP contribution in [-0.2, 0) is 9.53 Å². The zero-order valence-electron chi connectivity index (χ0n) is 11.0. The third kappa shape index (κ3) is 4.10. The van der Waals surface area contributed by atoms with Gasteiger partial charge in [0.2, 0.25) is 5.13 Å².